The first kappa shape index (κ1) is 11.6. The predicted molar refractivity (Wildman–Crippen MR) is 70.0 cm³/mol. The van der Waals surface area contributed by atoms with Crippen LogP contribution in [-0.2, 0) is 6.54 Å². The maximum Gasteiger partial charge on any atom is 0.223 e. The second-order valence-electron chi connectivity index (χ2n) is 4.09. The molecule has 0 radical (unpaired) electrons. The van der Waals surface area contributed by atoms with Crippen LogP contribution in [0.1, 0.15) is 17.3 Å². The average Bonchev–Trinajstić information content (AvgIpc) is 2.94. The lowest BCUT2D eigenvalue weighted by atomic mass is 10.2. The molecule has 0 aliphatic heterocycles. The third-order valence-electron chi connectivity index (χ3n) is 2.77. The molecule has 2 heterocycles. The van der Waals surface area contributed by atoms with Crippen LogP contribution in [-0.4, -0.2) is 19.7 Å². The van der Waals surface area contributed by atoms with Crippen molar-refractivity contribution in [1.82, 2.24) is 19.7 Å². The van der Waals surface area contributed by atoms with Crippen molar-refractivity contribution in [3.05, 3.63) is 40.2 Å². The zero-order valence-electron chi connectivity index (χ0n) is 10.0. The monoisotopic (exact) mass is 271 g/mol. The van der Waals surface area contributed by atoms with Gasteiger partial charge in [-0.15, -0.1) is 0 Å². The van der Waals surface area contributed by atoms with Crippen molar-refractivity contribution in [2.75, 3.05) is 0 Å². The van der Waals surface area contributed by atoms with E-state index in [1.54, 1.807) is 19.1 Å². The van der Waals surface area contributed by atoms with E-state index in [4.69, 9.17) is 22.0 Å². The standard InChI is InChI=1S/C12H9N5OS/c1-7-14-11(16-18-7)6-17-10-4-8(5-13)2-3-9(10)15-12(17)19/h2-4H,6H2,1H3,(H,15,19). The molecule has 94 valence electrons. The number of nitrogens with zero attached hydrogens (tertiary/aromatic N) is 4. The number of rotatable bonds is 2. The molecule has 2 aromatic heterocycles. The summed E-state index contributed by atoms with van der Waals surface area (Å²) in [5, 5.41) is 12.8. The van der Waals surface area contributed by atoms with Crippen molar-refractivity contribution < 1.29 is 4.52 Å². The van der Waals surface area contributed by atoms with Gasteiger partial charge in [0.15, 0.2) is 10.6 Å². The number of aromatic amines is 1. The molecule has 0 atom stereocenters. The Morgan fingerprint density at radius 2 is 2.37 bits per heavy atom. The Morgan fingerprint density at radius 1 is 1.53 bits per heavy atom. The van der Waals surface area contributed by atoms with Crippen molar-refractivity contribution in [3.8, 4) is 6.07 Å². The molecule has 0 amide bonds. The molecule has 3 rings (SSSR count). The van der Waals surface area contributed by atoms with E-state index in [0.717, 1.165) is 11.0 Å². The van der Waals surface area contributed by atoms with Gasteiger partial charge in [-0.25, -0.2) is 0 Å². The summed E-state index contributed by atoms with van der Waals surface area (Å²) in [6.07, 6.45) is 0. The number of fused-ring (bicyclic) bond motifs is 1. The number of hydrogen-bond acceptors (Lipinski definition) is 5. The number of aromatic nitrogens is 4. The van der Waals surface area contributed by atoms with Crippen LogP contribution in [0.5, 0.6) is 0 Å². The molecule has 1 aromatic carbocycles. The molecule has 0 aliphatic rings. The maximum atomic E-state index is 8.95. The van der Waals surface area contributed by atoms with Crippen LogP contribution >= 0.6 is 12.2 Å². The summed E-state index contributed by atoms with van der Waals surface area (Å²) >= 11 is 5.28. The van der Waals surface area contributed by atoms with Gasteiger partial charge in [0.1, 0.15) is 0 Å². The first-order chi connectivity index (χ1) is 9.17. The number of H-pyrrole nitrogens is 1. The normalized spacial score (nSPS) is 10.7. The van der Waals surface area contributed by atoms with E-state index >= 15 is 0 Å². The Morgan fingerprint density at radius 3 is 3.05 bits per heavy atom. The number of nitrogens with one attached hydrogen (secondary N) is 1. The molecule has 0 unspecified atom stereocenters. The van der Waals surface area contributed by atoms with E-state index in [9.17, 15) is 0 Å². The van der Waals surface area contributed by atoms with Crippen LogP contribution in [0.4, 0.5) is 0 Å². The molecule has 0 saturated carbocycles. The largest absolute Gasteiger partial charge is 0.340 e. The third-order valence-corrected chi connectivity index (χ3v) is 3.10. The molecule has 1 N–H and O–H groups in total. The highest BCUT2D eigenvalue weighted by Gasteiger charge is 2.09. The van der Waals surface area contributed by atoms with Crippen LogP contribution in [0.3, 0.4) is 0 Å². The van der Waals surface area contributed by atoms with Crippen molar-refractivity contribution in [3.63, 3.8) is 0 Å². The Labute approximate surface area is 113 Å². The minimum Gasteiger partial charge on any atom is -0.340 e. The molecule has 6 nitrogen and oxygen atoms in total. The average molecular weight is 271 g/mol. The van der Waals surface area contributed by atoms with Gasteiger partial charge in [0, 0.05) is 6.92 Å². The van der Waals surface area contributed by atoms with E-state index in [0.29, 0.717) is 28.6 Å². The smallest absolute Gasteiger partial charge is 0.223 e. The molecule has 0 bridgehead atoms. The van der Waals surface area contributed by atoms with Crippen molar-refractivity contribution >= 4 is 23.3 Å². The van der Waals surface area contributed by atoms with Gasteiger partial charge in [-0.3, -0.25) is 0 Å². The zero-order valence-corrected chi connectivity index (χ0v) is 10.9. The second-order valence-corrected chi connectivity index (χ2v) is 4.48. The summed E-state index contributed by atoms with van der Waals surface area (Å²) in [6.45, 7) is 2.14. The first-order valence-corrected chi connectivity index (χ1v) is 6.00. The quantitative estimate of drug-likeness (QED) is 0.723. The fourth-order valence-corrected chi connectivity index (χ4v) is 2.20. The number of imidazole rings is 1. The highest BCUT2D eigenvalue weighted by molar-refractivity contribution is 7.71. The Hall–Kier alpha value is -2.46. The van der Waals surface area contributed by atoms with Gasteiger partial charge in [0.25, 0.3) is 0 Å². The Balaban J connectivity index is 2.14. The molecule has 0 aliphatic carbocycles. The molecule has 0 fully saturated rings. The first-order valence-electron chi connectivity index (χ1n) is 5.59. The summed E-state index contributed by atoms with van der Waals surface area (Å²) in [4.78, 5) is 7.24. The predicted octanol–water partition coefficient (Wildman–Crippen LogP) is 2.31. The topological polar surface area (TPSA) is 83.4 Å². The Bertz CT molecular complexity index is 851. The maximum absolute atomic E-state index is 8.95. The van der Waals surface area contributed by atoms with Gasteiger partial charge in [-0.05, 0) is 30.4 Å². The fourth-order valence-electron chi connectivity index (χ4n) is 1.93. The van der Waals surface area contributed by atoms with Gasteiger partial charge in [0.2, 0.25) is 5.89 Å². The summed E-state index contributed by atoms with van der Waals surface area (Å²) in [6, 6.07) is 7.48. The molecular weight excluding hydrogens is 262 g/mol. The highest BCUT2D eigenvalue weighted by Crippen LogP contribution is 2.17. The minimum absolute atomic E-state index is 0.408. The lowest BCUT2D eigenvalue weighted by molar-refractivity contribution is 0.386. The lowest BCUT2D eigenvalue weighted by Gasteiger charge is -2.00. The van der Waals surface area contributed by atoms with E-state index in [1.165, 1.54) is 0 Å². The molecular formula is C12H9N5OS. The number of aryl methyl sites for hydroxylation is 1. The Kier molecular flexibility index (Phi) is 2.65. The third kappa shape index (κ3) is 2.02. The molecule has 7 heteroatoms. The summed E-state index contributed by atoms with van der Waals surface area (Å²) < 4.78 is 7.34. The zero-order chi connectivity index (χ0) is 13.4. The minimum atomic E-state index is 0.408. The van der Waals surface area contributed by atoms with Gasteiger partial charge < -0.3 is 14.1 Å². The van der Waals surface area contributed by atoms with Crippen molar-refractivity contribution in [2.45, 2.75) is 13.5 Å². The van der Waals surface area contributed by atoms with E-state index in [2.05, 4.69) is 21.2 Å². The lowest BCUT2D eigenvalue weighted by Crippen LogP contribution is -2.01. The molecule has 3 aromatic rings. The van der Waals surface area contributed by atoms with E-state index in [-0.39, 0.29) is 0 Å². The van der Waals surface area contributed by atoms with E-state index < -0.39 is 0 Å². The second kappa shape index (κ2) is 4.33. The van der Waals surface area contributed by atoms with Crippen LogP contribution in [0, 0.1) is 23.0 Å². The number of hydrogen-bond donors (Lipinski definition) is 1. The van der Waals surface area contributed by atoms with Crippen LogP contribution in [0.2, 0.25) is 0 Å². The van der Waals surface area contributed by atoms with Crippen LogP contribution < -0.4 is 0 Å². The van der Waals surface area contributed by atoms with Crippen molar-refractivity contribution in [2.24, 2.45) is 0 Å². The van der Waals surface area contributed by atoms with Crippen molar-refractivity contribution in [1.29, 1.82) is 5.26 Å². The number of nitriles is 1. The van der Waals surface area contributed by atoms with Gasteiger partial charge >= 0.3 is 0 Å². The van der Waals surface area contributed by atoms with Crippen LogP contribution in [0.25, 0.3) is 11.0 Å². The van der Waals surface area contributed by atoms with Gasteiger partial charge in [0.05, 0.1) is 29.2 Å². The number of benzene rings is 1. The molecule has 19 heavy (non-hydrogen) atoms. The highest BCUT2D eigenvalue weighted by atomic mass is 32.1. The van der Waals surface area contributed by atoms with E-state index in [1.807, 2.05) is 10.6 Å². The molecule has 0 spiro atoms. The summed E-state index contributed by atoms with van der Waals surface area (Å²) in [7, 11) is 0. The summed E-state index contributed by atoms with van der Waals surface area (Å²) in [5.74, 6) is 1.07. The van der Waals surface area contributed by atoms with Gasteiger partial charge in [-0.1, -0.05) is 5.16 Å². The summed E-state index contributed by atoms with van der Waals surface area (Å²) in [5.41, 5.74) is 2.32. The van der Waals surface area contributed by atoms with Crippen LogP contribution in [0.15, 0.2) is 22.7 Å². The van der Waals surface area contributed by atoms with Gasteiger partial charge in [-0.2, -0.15) is 10.2 Å². The SMILES string of the molecule is Cc1nc(Cn2c(=S)[nH]c3ccc(C#N)cc32)no1. The fraction of sp³-hybridized carbons (Fsp3) is 0.167. The molecule has 0 saturated heterocycles.